The van der Waals surface area contributed by atoms with Crippen molar-refractivity contribution in [3.63, 3.8) is 0 Å². The molecule has 0 aliphatic carbocycles. The number of ketones is 1. The van der Waals surface area contributed by atoms with Crippen LogP contribution in [0.15, 0.2) is 65.2 Å². The largest absolute Gasteiger partial charge is 0.507 e. The van der Waals surface area contributed by atoms with Crippen LogP contribution in [0.3, 0.4) is 0 Å². The van der Waals surface area contributed by atoms with Gasteiger partial charge in [0.05, 0.1) is 39.3 Å². The van der Waals surface area contributed by atoms with Gasteiger partial charge in [-0.1, -0.05) is 28.1 Å². The van der Waals surface area contributed by atoms with E-state index >= 15 is 0 Å². The first-order valence-corrected chi connectivity index (χ1v) is 12.0. The summed E-state index contributed by atoms with van der Waals surface area (Å²) in [6, 6.07) is 9.39. The van der Waals surface area contributed by atoms with Gasteiger partial charge >= 0.3 is 0 Å². The Bertz CT molecular complexity index is 1260. The number of Topliss-reactive ketones (excluding diaryl/α,β-unsaturated/α-hetero) is 1. The van der Waals surface area contributed by atoms with Crippen LogP contribution < -0.4 is 14.2 Å². The number of ether oxygens (including phenoxy) is 3. The minimum absolute atomic E-state index is 0.000716. The highest BCUT2D eigenvalue weighted by atomic mass is 79.9. The first-order valence-electron chi connectivity index (χ1n) is 11.2. The lowest BCUT2D eigenvalue weighted by Crippen LogP contribution is -2.31. The van der Waals surface area contributed by atoms with E-state index < -0.39 is 17.7 Å². The van der Waals surface area contributed by atoms with Gasteiger partial charge in [-0.05, 0) is 36.2 Å². The first-order chi connectivity index (χ1) is 17.4. The first kappa shape index (κ1) is 25.3. The molecule has 4 rings (SSSR count). The van der Waals surface area contributed by atoms with Crippen LogP contribution in [0.5, 0.6) is 17.2 Å². The Morgan fingerprint density at radius 2 is 1.69 bits per heavy atom. The summed E-state index contributed by atoms with van der Waals surface area (Å²) in [5.74, 6) is -0.556. The van der Waals surface area contributed by atoms with Crippen molar-refractivity contribution < 1.29 is 28.9 Å². The molecule has 1 aromatic heterocycles. The monoisotopic (exact) mass is 555 g/mol. The highest BCUT2D eigenvalue weighted by molar-refractivity contribution is 9.10. The second-order valence-electron chi connectivity index (χ2n) is 8.11. The molecule has 3 aromatic rings. The number of methoxy groups -OCH3 is 3. The molecule has 1 unspecified atom stereocenters. The normalized spacial score (nSPS) is 16.9. The molecule has 188 valence electrons. The molecule has 0 spiro atoms. The lowest BCUT2D eigenvalue weighted by atomic mass is 9.94. The molecular formula is C26H26BrN3O6. The van der Waals surface area contributed by atoms with Gasteiger partial charge in [-0.25, -0.2) is 4.98 Å². The Morgan fingerprint density at radius 1 is 1.03 bits per heavy atom. The lowest BCUT2D eigenvalue weighted by molar-refractivity contribution is -0.139. The van der Waals surface area contributed by atoms with Crippen LogP contribution in [0.1, 0.15) is 23.6 Å². The van der Waals surface area contributed by atoms with Crippen molar-refractivity contribution in [2.24, 2.45) is 0 Å². The maximum atomic E-state index is 13.3. The van der Waals surface area contributed by atoms with E-state index in [-0.39, 0.29) is 17.9 Å². The number of benzene rings is 2. The number of hydrogen-bond acceptors (Lipinski definition) is 7. The molecule has 1 aliphatic heterocycles. The molecule has 9 nitrogen and oxygen atoms in total. The zero-order valence-electron chi connectivity index (χ0n) is 20.1. The topological polar surface area (TPSA) is 103 Å². The second-order valence-corrected chi connectivity index (χ2v) is 9.03. The molecule has 0 saturated carbocycles. The number of hydrogen-bond donors (Lipinski definition) is 1. The average molecular weight is 556 g/mol. The fourth-order valence-electron chi connectivity index (χ4n) is 4.32. The van der Waals surface area contributed by atoms with E-state index in [1.165, 1.54) is 26.2 Å². The lowest BCUT2D eigenvalue weighted by Gasteiger charge is -2.26. The molecule has 36 heavy (non-hydrogen) atoms. The summed E-state index contributed by atoms with van der Waals surface area (Å²) in [5.41, 5.74) is 0.969. The number of carbonyl (C=O) groups excluding carboxylic acids is 2. The van der Waals surface area contributed by atoms with E-state index in [2.05, 4.69) is 20.9 Å². The third-order valence-electron chi connectivity index (χ3n) is 6.03. The fourth-order valence-corrected chi connectivity index (χ4v) is 4.59. The van der Waals surface area contributed by atoms with E-state index in [9.17, 15) is 14.7 Å². The Balaban J connectivity index is 1.83. The molecule has 0 radical (unpaired) electrons. The van der Waals surface area contributed by atoms with Gasteiger partial charge in [-0.3, -0.25) is 9.59 Å². The van der Waals surface area contributed by atoms with Crippen LogP contribution >= 0.6 is 15.9 Å². The molecule has 2 aromatic carbocycles. The summed E-state index contributed by atoms with van der Waals surface area (Å²) < 4.78 is 19.2. The van der Waals surface area contributed by atoms with Crippen molar-refractivity contribution in [1.82, 2.24) is 14.5 Å². The van der Waals surface area contributed by atoms with Crippen LogP contribution in [0, 0.1) is 0 Å². The number of likely N-dealkylation sites (tertiary alicyclic amines) is 1. The third kappa shape index (κ3) is 4.81. The number of imidazole rings is 1. The van der Waals surface area contributed by atoms with Crippen molar-refractivity contribution in [3.05, 3.63) is 76.3 Å². The van der Waals surface area contributed by atoms with Gasteiger partial charge in [0, 0.05) is 35.5 Å². The molecule has 1 aliphatic rings. The number of aliphatic hydroxyl groups is 1. The minimum atomic E-state index is -0.856. The number of carbonyl (C=O) groups is 2. The van der Waals surface area contributed by atoms with Crippen LogP contribution in [-0.2, 0) is 16.1 Å². The van der Waals surface area contributed by atoms with Crippen molar-refractivity contribution >= 4 is 33.4 Å². The molecule has 1 fully saturated rings. The summed E-state index contributed by atoms with van der Waals surface area (Å²) >= 11 is 3.37. The van der Waals surface area contributed by atoms with Gasteiger partial charge in [0.1, 0.15) is 5.76 Å². The fraction of sp³-hybridized carbons (Fsp3) is 0.269. The maximum Gasteiger partial charge on any atom is 0.295 e. The molecule has 1 N–H and O–H groups in total. The number of aromatic nitrogens is 2. The smallest absolute Gasteiger partial charge is 0.295 e. The Hall–Kier alpha value is -3.79. The molecule has 1 atom stereocenters. The molecule has 10 heteroatoms. The van der Waals surface area contributed by atoms with Crippen LogP contribution in [-0.4, -0.2) is 59.1 Å². The van der Waals surface area contributed by atoms with Gasteiger partial charge in [0.25, 0.3) is 11.7 Å². The molecule has 2 heterocycles. The molecule has 1 amide bonds. The van der Waals surface area contributed by atoms with Crippen LogP contribution in [0.25, 0.3) is 5.76 Å². The molecule has 1 saturated heterocycles. The zero-order chi connectivity index (χ0) is 25.8. The summed E-state index contributed by atoms with van der Waals surface area (Å²) in [5, 5.41) is 11.2. The molecular weight excluding hydrogens is 530 g/mol. The van der Waals surface area contributed by atoms with Gasteiger partial charge in [-0.2, -0.15) is 0 Å². The average Bonchev–Trinajstić information content (AvgIpc) is 3.50. The number of aryl methyl sites for hydroxylation is 1. The van der Waals surface area contributed by atoms with Crippen molar-refractivity contribution in [2.75, 3.05) is 27.9 Å². The summed E-state index contributed by atoms with van der Waals surface area (Å²) in [7, 11) is 4.48. The standard InChI is InChI=1S/C26H26BrN3O6/c1-34-19-13-17(14-20(35-2)25(19)36-3)22-21(23(31)16-5-7-18(27)8-6-16)24(32)26(33)30(22)11-4-10-29-12-9-28-15-29/h5-9,12-15,22,31H,4,10-11H2,1-3H3/b23-21-. The number of aliphatic hydroxyl groups excluding tert-OH is 1. The predicted molar refractivity (Wildman–Crippen MR) is 136 cm³/mol. The quantitative estimate of drug-likeness (QED) is 0.240. The zero-order valence-corrected chi connectivity index (χ0v) is 21.7. The van der Waals surface area contributed by atoms with Crippen molar-refractivity contribution in [3.8, 4) is 17.2 Å². The Labute approximate surface area is 217 Å². The Kier molecular flexibility index (Phi) is 7.64. The SMILES string of the molecule is COc1cc(C2/C(=C(/O)c3ccc(Br)cc3)C(=O)C(=O)N2CCCn2ccnc2)cc(OC)c1OC. The number of rotatable bonds is 9. The van der Waals surface area contributed by atoms with Gasteiger partial charge in [-0.15, -0.1) is 0 Å². The highest BCUT2D eigenvalue weighted by Crippen LogP contribution is 2.45. The van der Waals surface area contributed by atoms with Crippen LogP contribution in [0.2, 0.25) is 0 Å². The summed E-state index contributed by atoms with van der Waals surface area (Å²) in [4.78, 5) is 32.0. The Morgan fingerprint density at radius 3 is 2.25 bits per heavy atom. The summed E-state index contributed by atoms with van der Waals surface area (Å²) in [6.07, 6.45) is 5.78. The van der Waals surface area contributed by atoms with Crippen molar-refractivity contribution in [2.45, 2.75) is 19.0 Å². The highest BCUT2D eigenvalue weighted by Gasteiger charge is 2.46. The second kappa shape index (κ2) is 10.9. The predicted octanol–water partition coefficient (Wildman–Crippen LogP) is 4.18. The van der Waals surface area contributed by atoms with E-state index in [0.717, 1.165) is 4.47 Å². The van der Waals surface area contributed by atoms with Crippen molar-refractivity contribution in [1.29, 1.82) is 0 Å². The number of halogens is 1. The third-order valence-corrected chi connectivity index (χ3v) is 6.56. The van der Waals surface area contributed by atoms with E-state index in [1.54, 1.807) is 48.9 Å². The van der Waals surface area contributed by atoms with Crippen LogP contribution in [0.4, 0.5) is 0 Å². The molecule has 0 bridgehead atoms. The summed E-state index contributed by atoms with van der Waals surface area (Å²) in [6.45, 7) is 0.888. The maximum absolute atomic E-state index is 13.3. The van der Waals surface area contributed by atoms with Gasteiger partial charge in [0.15, 0.2) is 11.5 Å². The van der Waals surface area contributed by atoms with E-state index in [1.807, 2.05) is 10.8 Å². The van der Waals surface area contributed by atoms with Gasteiger partial charge < -0.3 is 28.8 Å². The number of nitrogens with zero attached hydrogens (tertiary/aromatic N) is 3. The van der Waals surface area contributed by atoms with E-state index in [4.69, 9.17) is 14.2 Å². The van der Waals surface area contributed by atoms with E-state index in [0.29, 0.717) is 41.3 Å². The number of amides is 1. The minimum Gasteiger partial charge on any atom is -0.507 e. The van der Waals surface area contributed by atoms with Gasteiger partial charge in [0.2, 0.25) is 5.75 Å².